The summed E-state index contributed by atoms with van der Waals surface area (Å²) in [6.07, 6.45) is 5.66. The first-order chi connectivity index (χ1) is 14.3. The summed E-state index contributed by atoms with van der Waals surface area (Å²) in [4.78, 5) is 19.6. The van der Waals surface area contributed by atoms with E-state index in [0.717, 1.165) is 30.1 Å². The molecule has 0 bridgehead atoms. The van der Waals surface area contributed by atoms with Crippen LogP contribution in [0.1, 0.15) is 34.9 Å². The Balaban J connectivity index is 1.52. The minimum Gasteiger partial charge on any atom is -0.497 e. The number of imidazole rings is 1. The molecule has 4 rings (SSSR count). The number of hydrogen-bond donors (Lipinski definition) is 1. The van der Waals surface area contributed by atoms with Gasteiger partial charge in [-0.1, -0.05) is 30.3 Å². The van der Waals surface area contributed by atoms with E-state index in [1.807, 2.05) is 47.0 Å². The van der Waals surface area contributed by atoms with Gasteiger partial charge in [0.2, 0.25) is 0 Å². The predicted molar refractivity (Wildman–Crippen MR) is 112 cm³/mol. The van der Waals surface area contributed by atoms with E-state index < -0.39 is 0 Å². The summed E-state index contributed by atoms with van der Waals surface area (Å²) in [5, 5.41) is 3.13. The molecule has 1 amide bonds. The second-order valence-electron chi connectivity index (χ2n) is 7.23. The fraction of sp³-hybridized carbons (Fsp3) is 0.304. The molecule has 3 aromatic rings. The van der Waals surface area contributed by atoms with Gasteiger partial charge in [-0.15, -0.1) is 0 Å². The second kappa shape index (κ2) is 8.92. The van der Waals surface area contributed by atoms with Crippen LogP contribution >= 0.6 is 0 Å². The molecule has 0 spiro atoms. The molecule has 1 fully saturated rings. The lowest BCUT2D eigenvalue weighted by Gasteiger charge is -2.28. The number of ether oxygens (including phenoxy) is 1. The number of amides is 1. The molecule has 1 unspecified atom stereocenters. The van der Waals surface area contributed by atoms with Crippen LogP contribution in [0.25, 0.3) is 5.69 Å². The molecule has 1 saturated heterocycles. The summed E-state index contributed by atoms with van der Waals surface area (Å²) in [6.45, 7) is 2.62. The highest BCUT2D eigenvalue weighted by Crippen LogP contribution is 2.27. The zero-order valence-corrected chi connectivity index (χ0v) is 16.6. The minimum atomic E-state index is -0.126. The number of rotatable bonds is 7. The van der Waals surface area contributed by atoms with E-state index >= 15 is 0 Å². The van der Waals surface area contributed by atoms with Gasteiger partial charge in [0.15, 0.2) is 0 Å². The quantitative estimate of drug-likeness (QED) is 0.671. The van der Waals surface area contributed by atoms with Gasteiger partial charge < -0.3 is 10.1 Å². The number of hydrogen-bond acceptors (Lipinski definition) is 4. The van der Waals surface area contributed by atoms with Crippen molar-refractivity contribution in [2.45, 2.75) is 18.9 Å². The number of aromatic nitrogens is 2. The van der Waals surface area contributed by atoms with Crippen LogP contribution in [0.5, 0.6) is 5.75 Å². The molecule has 6 heteroatoms. The van der Waals surface area contributed by atoms with E-state index in [0.29, 0.717) is 12.2 Å². The summed E-state index contributed by atoms with van der Waals surface area (Å²) >= 11 is 0. The molecule has 2 heterocycles. The van der Waals surface area contributed by atoms with E-state index in [-0.39, 0.29) is 11.9 Å². The molecule has 1 aliphatic rings. The Morgan fingerprint density at radius 2 is 1.93 bits per heavy atom. The Hall–Kier alpha value is -3.12. The van der Waals surface area contributed by atoms with Crippen molar-refractivity contribution in [2.75, 3.05) is 26.7 Å². The molecule has 1 aromatic heterocycles. The molecule has 29 heavy (non-hydrogen) atoms. The van der Waals surface area contributed by atoms with Crippen molar-refractivity contribution in [1.29, 1.82) is 0 Å². The molecule has 1 N–H and O–H groups in total. The largest absolute Gasteiger partial charge is 0.497 e. The van der Waals surface area contributed by atoms with Crippen molar-refractivity contribution >= 4 is 5.91 Å². The number of methoxy groups -OCH3 is 1. The fourth-order valence-corrected chi connectivity index (χ4v) is 3.90. The summed E-state index contributed by atoms with van der Waals surface area (Å²) < 4.78 is 7.21. The van der Waals surface area contributed by atoms with Crippen LogP contribution < -0.4 is 10.1 Å². The molecule has 1 atom stereocenters. The third kappa shape index (κ3) is 4.32. The van der Waals surface area contributed by atoms with Crippen LogP contribution in [0.2, 0.25) is 0 Å². The van der Waals surface area contributed by atoms with E-state index in [2.05, 4.69) is 27.3 Å². The lowest BCUT2D eigenvalue weighted by Crippen LogP contribution is -2.37. The lowest BCUT2D eigenvalue weighted by molar-refractivity contribution is 0.0931. The molecular weight excluding hydrogens is 364 g/mol. The third-order valence-electron chi connectivity index (χ3n) is 5.42. The van der Waals surface area contributed by atoms with Gasteiger partial charge in [-0.25, -0.2) is 4.98 Å². The average Bonchev–Trinajstić information content (AvgIpc) is 3.47. The van der Waals surface area contributed by atoms with Gasteiger partial charge >= 0.3 is 0 Å². The van der Waals surface area contributed by atoms with Gasteiger partial charge in [-0.2, -0.15) is 0 Å². The first-order valence-corrected chi connectivity index (χ1v) is 10.0. The molecule has 2 aromatic carbocycles. The maximum Gasteiger partial charge on any atom is 0.269 e. The second-order valence-corrected chi connectivity index (χ2v) is 7.23. The van der Waals surface area contributed by atoms with E-state index in [9.17, 15) is 4.79 Å². The molecule has 6 nitrogen and oxygen atoms in total. The topological polar surface area (TPSA) is 59.4 Å². The van der Waals surface area contributed by atoms with Crippen LogP contribution in [-0.4, -0.2) is 47.1 Å². The predicted octanol–water partition coefficient (Wildman–Crippen LogP) is 3.45. The van der Waals surface area contributed by atoms with E-state index in [4.69, 9.17) is 4.74 Å². The van der Waals surface area contributed by atoms with Crippen LogP contribution in [0.4, 0.5) is 0 Å². The average molecular weight is 390 g/mol. The lowest BCUT2D eigenvalue weighted by atomic mass is 10.0. The number of para-hydroxylation sites is 1. The van der Waals surface area contributed by atoms with Gasteiger partial charge in [0, 0.05) is 12.2 Å². The summed E-state index contributed by atoms with van der Waals surface area (Å²) in [5.74, 6) is 0.707. The van der Waals surface area contributed by atoms with Crippen molar-refractivity contribution in [3.05, 3.63) is 78.4 Å². The Bertz CT molecular complexity index is 948. The standard InChI is InChI=1S/C23H26N4O2/c1-29-20-11-7-8-18(14-20)21(26-12-5-6-13-26)16-25-23(28)22-15-24-17-27(22)19-9-3-2-4-10-19/h2-4,7-11,14-15,17,21H,5-6,12-13,16H2,1H3,(H,25,28). The summed E-state index contributed by atoms with van der Waals surface area (Å²) in [6, 6.07) is 18.0. The molecular formula is C23H26N4O2. The van der Waals surface area contributed by atoms with Crippen molar-refractivity contribution in [3.63, 3.8) is 0 Å². The summed E-state index contributed by atoms with van der Waals surface area (Å²) in [7, 11) is 1.68. The molecule has 0 saturated carbocycles. The van der Waals surface area contributed by atoms with E-state index in [1.165, 1.54) is 12.8 Å². The van der Waals surface area contributed by atoms with Crippen molar-refractivity contribution in [2.24, 2.45) is 0 Å². The number of nitrogens with one attached hydrogen (secondary N) is 1. The monoisotopic (exact) mass is 390 g/mol. The van der Waals surface area contributed by atoms with Crippen LogP contribution in [0.3, 0.4) is 0 Å². The highest BCUT2D eigenvalue weighted by atomic mass is 16.5. The van der Waals surface area contributed by atoms with Crippen LogP contribution in [0.15, 0.2) is 67.1 Å². The highest BCUT2D eigenvalue weighted by molar-refractivity contribution is 5.93. The minimum absolute atomic E-state index is 0.115. The molecule has 0 radical (unpaired) electrons. The van der Waals surface area contributed by atoms with Crippen molar-refractivity contribution in [3.8, 4) is 11.4 Å². The molecule has 1 aliphatic heterocycles. The molecule has 0 aliphatic carbocycles. The van der Waals surface area contributed by atoms with Crippen LogP contribution in [-0.2, 0) is 0 Å². The Kier molecular flexibility index (Phi) is 5.91. The maximum absolute atomic E-state index is 13.0. The van der Waals surface area contributed by atoms with Gasteiger partial charge in [0.1, 0.15) is 11.4 Å². The van der Waals surface area contributed by atoms with Gasteiger partial charge in [-0.05, 0) is 55.8 Å². The zero-order valence-electron chi connectivity index (χ0n) is 16.6. The van der Waals surface area contributed by atoms with Crippen molar-refractivity contribution < 1.29 is 9.53 Å². The first-order valence-electron chi connectivity index (χ1n) is 10.0. The number of likely N-dealkylation sites (tertiary alicyclic amines) is 1. The SMILES string of the molecule is COc1cccc(C(CNC(=O)c2cncn2-c2ccccc2)N2CCCC2)c1. The van der Waals surface area contributed by atoms with Crippen molar-refractivity contribution in [1.82, 2.24) is 19.8 Å². The fourth-order valence-electron chi connectivity index (χ4n) is 3.90. The first kappa shape index (κ1) is 19.2. The Morgan fingerprint density at radius 1 is 1.14 bits per heavy atom. The van der Waals surface area contributed by atoms with Gasteiger partial charge in [-0.3, -0.25) is 14.3 Å². The van der Waals surface area contributed by atoms with E-state index in [1.54, 1.807) is 19.6 Å². The smallest absolute Gasteiger partial charge is 0.269 e. The number of carbonyl (C=O) groups is 1. The Morgan fingerprint density at radius 3 is 2.69 bits per heavy atom. The number of carbonyl (C=O) groups excluding carboxylic acids is 1. The highest BCUT2D eigenvalue weighted by Gasteiger charge is 2.25. The van der Waals surface area contributed by atoms with Gasteiger partial charge in [0.05, 0.1) is 25.7 Å². The Labute approximate surface area is 171 Å². The zero-order chi connectivity index (χ0) is 20.1. The van der Waals surface area contributed by atoms with Crippen LogP contribution in [0, 0.1) is 0 Å². The third-order valence-corrected chi connectivity index (χ3v) is 5.42. The van der Waals surface area contributed by atoms with Gasteiger partial charge in [0.25, 0.3) is 5.91 Å². The normalized spacial score (nSPS) is 15.2. The maximum atomic E-state index is 13.0. The molecule has 150 valence electrons. The summed E-state index contributed by atoms with van der Waals surface area (Å²) in [5.41, 5.74) is 2.60. The number of benzene rings is 2. The number of nitrogens with zero attached hydrogens (tertiary/aromatic N) is 3.